The molecule has 1 heterocycles. The van der Waals surface area contributed by atoms with E-state index in [1.807, 2.05) is 54.6 Å². The van der Waals surface area contributed by atoms with Gasteiger partial charge in [-0.05, 0) is 40.7 Å². The molecular formula is C30H30N2O5. The number of aliphatic carboxylic acids is 1. The predicted octanol–water partition coefficient (Wildman–Crippen LogP) is 4.46. The number of amides is 2. The van der Waals surface area contributed by atoms with Gasteiger partial charge in [-0.25, -0.2) is 9.59 Å². The number of ether oxygens (including phenoxy) is 1. The van der Waals surface area contributed by atoms with Gasteiger partial charge in [0.25, 0.3) is 0 Å². The first-order chi connectivity index (χ1) is 18.0. The molecule has 1 aliphatic heterocycles. The van der Waals surface area contributed by atoms with Crippen molar-refractivity contribution < 1.29 is 24.2 Å². The molecule has 7 heteroatoms. The molecule has 0 spiro atoms. The van der Waals surface area contributed by atoms with Gasteiger partial charge < -0.3 is 20.1 Å². The number of carbonyl (C=O) groups is 3. The minimum absolute atomic E-state index is 0.00256. The van der Waals surface area contributed by atoms with Crippen LogP contribution >= 0.6 is 0 Å². The molecule has 5 rings (SSSR count). The Kier molecular flexibility index (Phi) is 7.21. The van der Waals surface area contributed by atoms with E-state index in [-0.39, 0.29) is 36.9 Å². The Hall–Kier alpha value is -4.13. The molecule has 1 atom stereocenters. The largest absolute Gasteiger partial charge is 0.480 e. The number of carbonyl (C=O) groups excluding carboxylic acids is 2. The summed E-state index contributed by atoms with van der Waals surface area (Å²) < 4.78 is 5.75. The highest BCUT2D eigenvalue weighted by molar-refractivity contribution is 5.85. The lowest BCUT2D eigenvalue weighted by Gasteiger charge is -2.31. The molecule has 0 radical (unpaired) electrons. The maximum Gasteiger partial charge on any atom is 0.409 e. The van der Waals surface area contributed by atoms with Crippen molar-refractivity contribution in [1.82, 2.24) is 10.2 Å². The minimum Gasteiger partial charge on any atom is -0.480 e. The third-order valence-electron chi connectivity index (χ3n) is 7.36. The minimum atomic E-state index is -1.06. The highest BCUT2D eigenvalue weighted by Crippen LogP contribution is 2.44. The van der Waals surface area contributed by atoms with Crippen molar-refractivity contribution in [2.45, 2.75) is 31.2 Å². The van der Waals surface area contributed by atoms with Crippen LogP contribution in [0.5, 0.6) is 0 Å². The molecule has 0 bridgehead atoms. The first-order valence-electron chi connectivity index (χ1n) is 12.7. The van der Waals surface area contributed by atoms with E-state index in [2.05, 4.69) is 29.6 Å². The molecule has 1 saturated heterocycles. The smallest absolute Gasteiger partial charge is 0.409 e. The summed E-state index contributed by atoms with van der Waals surface area (Å²) in [6, 6.07) is 24.6. The molecule has 2 N–H and O–H groups in total. The average Bonchev–Trinajstić information content (AvgIpc) is 3.25. The Morgan fingerprint density at radius 3 is 2.03 bits per heavy atom. The molecule has 2 aliphatic rings. The van der Waals surface area contributed by atoms with Crippen LogP contribution in [0.4, 0.5) is 4.79 Å². The number of fused-ring (bicyclic) bond motifs is 3. The number of nitrogens with one attached hydrogen (secondary N) is 1. The third-order valence-corrected chi connectivity index (χ3v) is 7.36. The van der Waals surface area contributed by atoms with Gasteiger partial charge in [-0.3, -0.25) is 4.79 Å². The van der Waals surface area contributed by atoms with Crippen LogP contribution in [0.1, 0.15) is 35.4 Å². The number of carboxylic acids is 1. The fourth-order valence-electron chi connectivity index (χ4n) is 5.35. The summed E-state index contributed by atoms with van der Waals surface area (Å²) in [6.45, 7) is 1.05. The summed E-state index contributed by atoms with van der Waals surface area (Å²) in [5.74, 6) is -1.68. The second-order valence-electron chi connectivity index (χ2n) is 9.65. The summed E-state index contributed by atoms with van der Waals surface area (Å²) >= 11 is 0. The maximum absolute atomic E-state index is 12.9. The molecule has 1 fully saturated rings. The Balaban J connectivity index is 1.13. The number of hydrogen-bond donors (Lipinski definition) is 2. The van der Waals surface area contributed by atoms with Gasteiger partial charge in [-0.15, -0.1) is 0 Å². The molecule has 7 nitrogen and oxygen atoms in total. The van der Waals surface area contributed by atoms with Crippen LogP contribution in [-0.2, 0) is 20.7 Å². The van der Waals surface area contributed by atoms with Gasteiger partial charge in [0.2, 0.25) is 5.91 Å². The number of likely N-dealkylation sites (tertiary alicyclic amines) is 1. The van der Waals surface area contributed by atoms with Crippen molar-refractivity contribution >= 4 is 18.0 Å². The second kappa shape index (κ2) is 10.9. The van der Waals surface area contributed by atoms with Crippen LogP contribution in [0.3, 0.4) is 0 Å². The number of piperidine rings is 1. The lowest BCUT2D eigenvalue weighted by atomic mass is 9.95. The Bertz CT molecular complexity index is 1240. The molecule has 0 saturated carbocycles. The summed E-state index contributed by atoms with van der Waals surface area (Å²) in [5.41, 5.74) is 5.53. The van der Waals surface area contributed by atoms with Crippen LogP contribution in [-0.4, -0.2) is 53.7 Å². The van der Waals surface area contributed by atoms with Crippen LogP contribution in [0.2, 0.25) is 0 Å². The monoisotopic (exact) mass is 498 g/mol. The Labute approximate surface area is 216 Å². The van der Waals surface area contributed by atoms with Gasteiger partial charge in [-0.2, -0.15) is 0 Å². The molecule has 190 valence electrons. The molecule has 3 aromatic carbocycles. The molecular weight excluding hydrogens is 468 g/mol. The van der Waals surface area contributed by atoms with Gasteiger partial charge in [-0.1, -0.05) is 78.9 Å². The summed E-state index contributed by atoms with van der Waals surface area (Å²) in [5, 5.41) is 12.3. The van der Waals surface area contributed by atoms with E-state index >= 15 is 0 Å². The fourth-order valence-corrected chi connectivity index (χ4v) is 5.35. The van der Waals surface area contributed by atoms with Gasteiger partial charge >= 0.3 is 12.1 Å². The summed E-state index contributed by atoms with van der Waals surface area (Å²) in [7, 11) is 0. The van der Waals surface area contributed by atoms with Gasteiger partial charge in [0.1, 0.15) is 12.6 Å². The number of benzene rings is 3. The van der Waals surface area contributed by atoms with E-state index in [0.29, 0.717) is 25.9 Å². The van der Waals surface area contributed by atoms with Gasteiger partial charge in [0.05, 0.1) is 0 Å². The lowest BCUT2D eigenvalue weighted by Crippen LogP contribution is -2.48. The topological polar surface area (TPSA) is 95.9 Å². The van der Waals surface area contributed by atoms with Gasteiger partial charge in [0, 0.05) is 31.3 Å². The van der Waals surface area contributed by atoms with E-state index < -0.39 is 12.0 Å². The van der Waals surface area contributed by atoms with Crippen molar-refractivity contribution in [3.8, 4) is 11.1 Å². The zero-order valence-corrected chi connectivity index (χ0v) is 20.5. The van der Waals surface area contributed by atoms with Crippen molar-refractivity contribution in [2.24, 2.45) is 5.92 Å². The highest BCUT2D eigenvalue weighted by atomic mass is 16.6. The first-order valence-corrected chi connectivity index (χ1v) is 12.7. The average molecular weight is 499 g/mol. The van der Waals surface area contributed by atoms with E-state index in [1.165, 1.54) is 11.1 Å². The number of rotatable bonds is 7. The van der Waals surface area contributed by atoms with Crippen LogP contribution in [0, 0.1) is 5.92 Å². The Morgan fingerprint density at radius 1 is 0.865 bits per heavy atom. The van der Waals surface area contributed by atoms with E-state index in [9.17, 15) is 19.5 Å². The zero-order chi connectivity index (χ0) is 25.8. The van der Waals surface area contributed by atoms with Crippen molar-refractivity contribution in [2.75, 3.05) is 19.7 Å². The van der Waals surface area contributed by atoms with Crippen LogP contribution in [0.25, 0.3) is 11.1 Å². The summed E-state index contributed by atoms with van der Waals surface area (Å²) in [4.78, 5) is 39.0. The lowest BCUT2D eigenvalue weighted by molar-refractivity contribution is -0.142. The number of carboxylic acid groups (broad SMARTS) is 1. The highest BCUT2D eigenvalue weighted by Gasteiger charge is 2.33. The first kappa shape index (κ1) is 24.6. The van der Waals surface area contributed by atoms with Gasteiger partial charge in [0.15, 0.2) is 0 Å². The molecule has 0 aromatic heterocycles. The predicted molar refractivity (Wildman–Crippen MR) is 139 cm³/mol. The van der Waals surface area contributed by atoms with Crippen molar-refractivity contribution in [1.29, 1.82) is 0 Å². The molecule has 0 unspecified atom stereocenters. The van der Waals surface area contributed by atoms with Crippen LogP contribution in [0.15, 0.2) is 78.9 Å². The van der Waals surface area contributed by atoms with Crippen molar-refractivity contribution in [3.05, 3.63) is 95.6 Å². The molecule has 37 heavy (non-hydrogen) atoms. The molecule has 3 aromatic rings. The quantitative estimate of drug-likeness (QED) is 0.502. The number of hydrogen-bond acceptors (Lipinski definition) is 4. The van der Waals surface area contributed by atoms with Crippen LogP contribution < -0.4 is 5.32 Å². The molecule has 1 aliphatic carbocycles. The molecule has 2 amide bonds. The Morgan fingerprint density at radius 2 is 1.43 bits per heavy atom. The second-order valence-corrected chi connectivity index (χ2v) is 9.65. The summed E-state index contributed by atoms with van der Waals surface area (Å²) in [6.07, 6.45) is 0.773. The van der Waals surface area contributed by atoms with Crippen molar-refractivity contribution in [3.63, 3.8) is 0 Å². The normalized spacial score (nSPS) is 15.9. The zero-order valence-electron chi connectivity index (χ0n) is 20.5. The maximum atomic E-state index is 12.9. The van der Waals surface area contributed by atoms with E-state index in [0.717, 1.165) is 16.7 Å². The SMILES string of the molecule is O=C(N[C@@H](Cc1ccccc1)C(=O)O)C1CCN(C(=O)OCC2c3ccccc3-c3ccccc32)CC1. The van der Waals surface area contributed by atoms with E-state index in [1.54, 1.807) is 4.90 Å². The standard InChI is InChI=1S/C30H30N2O5/c33-28(31-27(29(34)35)18-20-8-2-1-3-9-20)21-14-16-32(17-15-21)30(36)37-19-26-24-12-6-4-10-22(24)23-11-5-7-13-25(23)26/h1-13,21,26-27H,14-19H2,(H,31,33)(H,34,35)/t27-/m0/s1. The number of nitrogens with zero attached hydrogens (tertiary/aromatic N) is 1. The fraction of sp³-hybridized carbons (Fsp3) is 0.300. The third kappa shape index (κ3) is 5.35. The van der Waals surface area contributed by atoms with E-state index in [4.69, 9.17) is 4.74 Å².